The average Bonchev–Trinajstić information content (AvgIpc) is 2.20. The number of nitrogens with two attached hydrogens (primary N) is 1. The minimum absolute atomic E-state index is 0.144. The van der Waals surface area contributed by atoms with Crippen LogP contribution >= 0.6 is 0 Å². The number of hydrogen-bond acceptors (Lipinski definition) is 3. The molecule has 88 valence electrons. The molecule has 2 atom stereocenters. The van der Waals surface area contributed by atoms with Crippen LogP contribution < -0.4 is 5.73 Å². The third kappa shape index (κ3) is 3.80. The van der Waals surface area contributed by atoms with Gasteiger partial charge in [0.25, 0.3) is 0 Å². The number of methoxy groups -OCH3 is 1. The molecule has 0 aliphatic carbocycles. The lowest BCUT2D eigenvalue weighted by Gasteiger charge is -2.34. The van der Waals surface area contributed by atoms with E-state index in [-0.39, 0.29) is 11.9 Å². The molecule has 0 saturated carbocycles. The number of ether oxygens (including phenoxy) is 1. The van der Waals surface area contributed by atoms with Crippen molar-refractivity contribution in [3.8, 4) is 0 Å². The Hall–Kier alpha value is -0.610. The number of hydrogen-bond donors (Lipinski definition) is 1. The highest BCUT2D eigenvalue weighted by Crippen LogP contribution is 2.17. The van der Waals surface area contributed by atoms with Gasteiger partial charge in [0.15, 0.2) is 0 Å². The van der Waals surface area contributed by atoms with Gasteiger partial charge in [-0.2, -0.15) is 0 Å². The lowest BCUT2D eigenvalue weighted by molar-refractivity contribution is -0.135. The summed E-state index contributed by atoms with van der Waals surface area (Å²) in [6, 6.07) is 0.144. The van der Waals surface area contributed by atoms with Gasteiger partial charge in [0.2, 0.25) is 5.91 Å². The molecular weight excluding hydrogens is 192 g/mol. The van der Waals surface area contributed by atoms with Crippen molar-refractivity contribution < 1.29 is 9.53 Å². The molecule has 1 amide bonds. The average molecular weight is 214 g/mol. The van der Waals surface area contributed by atoms with Crippen LogP contribution in [0.25, 0.3) is 0 Å². The Labute approximate surface area is 91.8 Å². The molecule has 0 aromatic rings. The third-order valence-corrected chi connectivity index (χ3v) is 3.04. The Morgan fingerprint density at radius 1 is 1.53 bits per heavy atom. The summed E-state index contributed by atoms with van der Waals surface area (Å²) in [5.74, 6) is 0.578. The van der Waals surface area contributed by atoms with Crippen LogP contribution in [-0.2, 0) is 9.53 Å². The summed E-state index contributed by atoms with van der Waals surface area (Å²) in [4.78, 5) is 13.5. The zero-order valence-electron chi connectivity index (χ0n) is 9.74. The first kappa shape index (κ1) is 12.5. The highest BCUT2D eigenvalue weighted by molar-refractivity contribution is 5.77. The van der Waals surface area contributed by atoms with Gasteiger partial charge in [0, 0.05) is 39.3 Å². The van der Waals surface area contributed by atoms with Gasteiger partial charge in [-0.25, -0.2) is 0 Å². The molecule has 0 radical (unpaired) electrons. The molecule has 0 aromatic carbocycles. The van der Waals surface area contributed by atoms with Gasteiger partial charge in [-0.3, -0.25) is 4.79 Å². The quantitative estimate of drug-likeness (QED) is 0.682. The summed E-state index contributed by atoms with van der Waals surface area (Å²) >= 11 is 0. The van der Waals surface area contributed by atoms with E-state index in [4.69, 9.17) is 10.5 Å². The highest BCUT2D eigenvalue weighted by atomic mass is 16.5. The fourth-order valence-electron chi connectivity index (χ4n) is 1.86. The van der Waals surface area contributed by atoms with E-state index in [1.165, 1.54) is 0 Å². The molecule has 15 heavy (non-hydrogen) atoms. The second kappa shape index (κ2) is 6.08. The molecular formula is C11H22N2O2. The molecule has 4 nitrogen and oxygen atoms in total. The predicted octanol–water partition coefficient (Wildman–Crippen LogP) is 0.609. The molecule has 1 aliphatic rings. The van der Waals surface area contributed by atoms with Crippen molar-refractivity contribution in [2.45, 2.75) is 32.2 Å². The minimum Gasteiger partial charge on any atom is -0.385 e. The first-order valence-electron chi connectivity index (χ1n) is 5.67. The van der Waals surface area contributed by atoms with Crippen LogP contribution in [0.3, 0.4) is 0 Å². The van der Waals surface area contributed by atoms with Gasteiger partial charge in [0.05, 0.1) is 0 Å². The molecule has 1 rings (SSSR count). The predicted molar refractivity (Wildman–Crippen MR) is 59.4 cm³/mol. The minimum atomic E-state index is 0.144. The number of likely N-dealkylation sites (tertiary alicyclic amines) is 1. The third-order valence-electron chi connectivity index (χ3n) is 3.04. The van der Waals surface area contributed by atoms with Crippen LogP contribution in [0.15, 0.2) is 0 Å². The summed E-state index contributed by atoms with van der Waals surface area (Å²) in [5, 5.41) is 0. The van der Waals surface area contributed by atoms with Crippen LogP contribution in [0, 0.1) is 5.92 Å². The lowest BCUT2D eigenvalue weighted by Crippen LogP contribution is -2.50. The summed E-state index contributed by atoms with van der Waals surface area (Å²) < 4.78 is 4.97. The van der Waals surface area contributed by atoms with E-state index < -0.39 is 0 Å². The molecule has 0 aromatic heterocycles. The lowest BCUT2D eigenvalue weighted by atomic mass is 9.93. The van der Waals surface area contributed by atoms with Crippen LogP contribution in [0.1, 0.15) is 26.2 Å². The first-order chi connectivity index (χ1) is 7.15. The molecule has 1 aliphatic heterocycles. The van der Waals surface area contributed by atoms with Gasteiger partial charge < -0.3 is 15.4 Å². The Kier molecular flexibility index (Phi) is 5.05. The standard InChI is InChI=1S/C11H22N2O2/c1-9-7-11(14)13(8-10(9)12)5-3-4-6-15-2/h9-10H,3-8,12H2,1-2H3. The van der Waals surface area contributed by atoms with Gasteiger partial charge in [0.1, 0.15) is 0 Å². The van der Waals surface area contributed by atoms with E-state index in [1.54, 1.807) is 7.11 Å². The van der Waals surface area contributed by atoms with Crippen molar-refractivity contribution in [1.29, 1.82) is 0 Å². The van der Waals surface area contributed by atoms with Crippen LogP contribution in [-0.4, -0.2) is 43.7 Å². The number of piperidine rings is 1. The summed E-state index contributed by atoms with van der Waals surface area (Å²) in [7, 11) is 1.70. The molecule has 2 unspecified atom stereocenters. The smallest absolute Gasteiger partial charge is 0.222 e. The van der Waals surface area contributed by atoms with Crippen molar-refractivity contribution in [2.75, 3.05) is 26.8 Å². The van der Waals surface area contributed by atoms with Crippen molar-refractivity contribution in [3.63, 3.8) is 0 Å². The van der Waals surface area contributed by atoms with Crippen LogP contribution in [0.4, 0.5) is 0 Å². The Morgan fingerprint density at radius 2 is 2.27 bits per heavy atom. The van der Waals surface area contributed by atoms with Crippen molar-refractivity contribution >= 4 is 5.91 Å². The molecule has 1 saturated heterocycles. The monoisotopic (exact) mass is 214 g/mol. The van der Waals surface area contributed by atoms with E-state index in [2.05, 4.69) is 0 Å². The topological polar surface area (TPSA) is 55.6 Å². The van der Waals surface area contributed by atoms with Crippen LogP contribution in [0.2, 0.25) is 0 Å². The summed E-state index contributed by atoms with van der Waals surface area (Å²) in [6.45, 7) is 4.35. The van der Waals surface area contributed by atoms with Crippen LogP contribution in [0.5, 0.6) is 0 Å². The molecule has 1 heterocycles. The number of carbonyl (C=O) groups is 1. The molecule has 1 fully saturated rings. The van der Waals surface area contributed by atoms with Gasteiger partial charge in [-0.05, 0) is 18.8 Å². The maximum absolute atomic E-state index is 11.7. The fourth-order valence-corrected chi connectivity index (χ4v) is 1.86. The highest BCUT2D eigenvalue weighted by Gasteiger charge is 2.28. The van der Waals surface area contributed by atoms with E-state index in [0.717, 1.165) is 26.0 Å². The molecule has 0 spiro atoms. The number of unbranched alkanes of at least 4 members (excludes halogenated alkanes) is 1. The largest absolute Gasteiger partial charge is 0.385 e. The van der Waals surface area contributed by atoms with Crippen molar-refractivity contribution in [1.82, 2.24) is 4.90 Å². The van der Waals surface area contributed by atoms with Crippen molar-refractivity contribution in [3.05, 3.63) is 0 Å². The second-order valence-electron chi connectivity index (χ2n) is 4.38. The summed E-state index contributed by atoms with van der Waals surface area (Å²) in [5.41, 5.74) is 5.94. The van der Waals surface area contributed by atoms with Gasteiger partial charge >= 0.3 is 0 Å². The maximum Gasteiger partial charge on any atom is 0.222 e. The second-order valence-corrected chi connectivity index (χ2v) is 4.38. The number of amides is 1. The zero-order chi connectivity index (χ0) is 11.3. The maximum atomic E-state index is 11.7. The van der Waals surface area contributed by atoms with Gasteiger partial charge in [-0.1, -0.05) is 6.92 Å². The van der Waals surface area contributed by atoms with Gasteiger partial charge in [-0.15, -0.1) is 0 Å². The normalized spacial score (nSPS) is 27.1. The molecule has 4 heteroatoms. The first-order valence-corrected chi connectivity index (χ1v) is 5.67. The number of carbonyl (C=O) groups excluding carboxylic acids is 1. The zero-order valence-corrected chi connectivity index (χ0v) is 9.74. The Bertz CT molecular complexity index is 209. The van der Waals surface area contributed by atoms with E-state index in [9.17, 15) is 4.79 Å². The molecule has 2 N–H and O–H groups in total. The Morgan fingerprint density at radius 3 is 2.93 bits per heavy atom. The molecule has 0 bridgehead atoms. The summed E-state index contributed by atoms with van der Waals surface area (Å²) in [6.07, 6.45) is 2.61. The van der Waals surface area contributed by atoms with E-state index in [0.29, 0.717) is 18.9 Å². The Balaban J connectivity index is 2.25. The van der Waals surface area contributed by atoms with E-state index >= 15 is 0 Å². The SMILES string of the molecule is COCCCCN1CC(N)C(C)CC1=O. The van der Waals surface area contributed by atoms with E-state index in [1.807, 2.05) is 11.8 Å². The number of nitrogens with zero attached hydrogens (tertiary/aromatic N) is 1. The number of rotatable bonds is 5. The fraction of sp³-hybridized carbons (Fsp3) is 0.909. The van der Waals surface area contributed by atoms with Crippen molar-refractivity contribution in [2.24, 2.45) is 11.7 Å².